The third-order valence-corrected chi connectivity index (χ3v) is 7.54. The second kappa shape index (κ2) is 7.00. The van der Waals surface area contributed by atoms with Gasteiger partial charge >= 0.3 is 5.97 Å². The molecule has 3 unspecified atom stereocenters. The number of benzene rings is 2. The normalized spacial score (nSPS) is 22.3. The van der Waals surface area contributed by atoms with Crippen LogP contribution in [0.4, 0.5) is 0 Å². The fourth-order valence-corrected chi connectivity index (χ4v) is 6.38. The first-order chi connectivity index (χ1) is 11.9. The zero-order valence-electron chi connectivity index (χ0n) is 14.1. The maximum atomic E-state index is 12.9. The van der Waals surface area contributed by atoms with Crippen molar-refractivity contribution < 1.29 is 18.3 Å². The lowest BCUT2D eigenvalue weighted by molar-refractivity contribution is -0.142. The van der Waals surface area contributed by atoms with E-state index in [2.05, 4.69) is 0 Å². The van der Waals surface area contributed by atoms with Gasteiger partial charge in [0.1, 0.15) is 0 Å². The standard InChI is InChI=1S/C20H22O4S/c1-14-16-11-5-6-13-18(16)25(23,24)19(14)17(20(21)22)12-7-10-15-8-3-2-4-9-15/h2-6,8-9,11,13-14,17,19H,7,10,12H2,1H3,(H,21,22). The van der Waals surface area contributed by atoms with Crippen molar-refractivity contribution >= 4 is 15.8 Å². The number of hydrogen-bond donors (Lipinski definition) is 1. The van der Waals surface area contributed by atoms with Crippen LogP contribution in [0.25, 0.3) is 0 Å². The van der Waals surface area contributed by atoms with E-state index in [1.54, 1.807) is 24.3 Å². The van der Waals surface area contributed by atoms with Crippen LogP contribution in [0.2, 0.25) is 0 Å². The van der Waals surface area contributed by atoms with Gasteiger partial charge in [0.15, 0.2) is 9.84 Å². The summed E-state index contributed by atoms with van der Waals surface area (Å²) in [5.41, 5.74) is 1.87. The molecule has 1 aliphatic heterocycles. The lowest BCUT2D eigenvalue weighted by atomic mass is 9.87. The minimum absolute atomic E-state index is 0.293. The number of fused-ring (bicyclic) bond motifs is 1. The molecule has 0 aromatic heterocycles. The molecule has 1 heterocycles. The van der Waals surface area contributed by atoms with Crippen LogP contribution in [0.15, 0.2) is 59.5 Å². The Kier molecular flexibility index (Phi) is 4.95. The second-order valence-corrected chi connectivity index (χ2v) is 8.73. The van der Waals surface area contributed by atoms with E-state index in [0.717, 1.165) is 17.5 Å². The van der Waals surface area contributed by atoms with Crippen LogP contribution in [0.3, 0.4) is 0 Å². The summed E-state index contributed by atoms with van der Waals surface area (Å²) in [4.78, 5) is 12.1. The third-order valence-electron chi connectivity index (χ3n) is 5.10. The quantitative estimate of drug-likeness (QED) is 0.855. The molecule has 2 aromatic carbocycles. The molecule has 132 valence electrons. The Bertz CT molecular complexity index is 858. The average molecular weight is 358 g/mol. The van der Waals surface area contributed by atoms with Gasteiger partial charge in [0, 0.05) is 5.92 Å². The topological polar surface area (TPSA) is 71.4 Å². The minimum atomic E-state index is -3.62. The average Bonchev–Trinajstić information content (AvgIpc) is 2.80. The smallest absolute Gasteiger partial charge is 0.307 e. The molecule has 2 aromatic rings. The van der Waals surface area contributed by atoms with Gasteiger partial charge in [-0.15, -0.1) is 0 Å². The fraction of sp³-hybridized carbons (Fsp3) is 0.350. The highest BCUT2D eigenvalue weighted by Crippen LogP contribution is 2.44. The summed E-state index contributed by atoms with van der Waals surface area (Å²) in [6.07, 6.45) is 1.75. The number of hydrogen-bond acceptors (Lipinski definition) is 3. The van der Waals surface area contributed by atoms with E-state index in [-0.39, 0.29) is 5.92 Å². The zero-order chi connectivity index (χ0) is 18.0. The van der Waals surface area contributed by atoms with Crippen LogP contribution in [0.1, 0.15) is 36.8 Å². The van der Waals surface area contributed by atoms with Gasteiger partial charge in [-0.2, -0.15) is 0 Å². The van der Waals surface area contributed by atoms with Gasteiger partial charge in [-0.05, 0) is 36.5 Å². The minimum Gasteiger partial charge on any atom is -0.481 e. The number of aliphatic carboxylic acids is 1. The third kappa shape index (κ3) is 3.33. The number of carboxylic acids is 1. The molecule has 1 aliphatic rings. The predicted molar refractivity (Wildman–Crippen MR) is 96.3 cm³/mol. The molecule has 0 saturated heterocycles. The van der Waals surface area contributed by atoms with Crippen LogP contribution in [0.5, 0.6) is 0 Å². The molecule has 4 nitrogen and oxygen atoms in total. The molecular weight excluding hydrogens is 336 g/mol. The molecule has 5 heteroatoms. The molecule has 3 atom stereocenters. The van der Waals surface area contributed by atoms with Gasteiger partial charge < -0.3 is 5.11 Å². The Morgan fingerprint density at radius 3 is 2.36 bits per heavy atom. The molecule has 0 amide bonds. The highest BCUT2D eigenvalue weighted by molar-refractivity contribution is 7.92. The summed E-state index contributed by atoms with van der Waals surface area (Å²) in [5.74, 6) is -2.23. The summed E-state index contributed by atoms with van der Waals surface area (Å²) in [7, 11) is -3.62. The molecule has 3 rings (SSSR count). The molecule has 0 aliphatic carbocycles. The maximum absolute atomic E-state index is 12.9. The largest absolute Gasteiger partial charge is 0.481 e. The van der Waals surface area contributed by atoms with Crippen molar-refractivity contribution in [2.24, 2.45) is 5.92 Å². The van der Waals surface area contributed by atoms with Gasteiger partial charge in [0.05, 0.1) is 16.1 Å². The van der Waals surface area contributed by atoms with Gasteiger partial charge in [-0.3, -0.25) is 4.79 Å². The highest BCUT2D eigenvalue weighted by Gasteiger charge is 2.48. The molecule has 0 radical (unpaired) electrons. The zero-order valence-corrected chi connectivity index (χ0v) is 14.9. The molecule has 0 spiro atoms. The van der Waals surface area contributed by atoms with E-state index in [0.29, 0.717) is 17.7 Å². The first kappa shape index (κ1) is 17.7. The Morgan fingerprint density at radius 1 is 1.08 bits per heavy atom. The van der Waals surface area contributed by atoms with Crippen molar-refractivity contribution in [3.05, 3.63) is 65.7 Å². The Hall–Kier alpha value is -2.14. The summed E-state index contributed by atoms with van der Waals surface area (Å²) in [6.45, 7) is 1.82. The number of carboxylic acid groups (broad SMARTS) is 1. The van der Waals surface area contributed by atoms with Crippen molar-refractivity contribution in [3.8, 4) is 0 Å². The van der Waals surface area contributed by atoms with Gasteiger partial charge in [0.2, 0.25) is 0 Å². The van der Waals surface area contributed by atoms with E-state index in [9.17, 15) is 18.3 Å². The van der Waals surface area contributed by atoms with Crippen LogP contribution < -0.4 is 0 Å². The van der Waals surface area contributed by atoms with Crippen LogP contribution in [-0.2, 0) is 21.1 Å². The number of sulfone groups is 1. The van der Waals surface area contributed by atoms with Crippen molar-refractivity contribution in [3.63, 3.8) is 0 Å². The fourth-order valence-electron chi connectivity index (χ4n) is 3.87. The molecular formula is C20H22O4S. The van der Waals surface area contributed by atoms with E-state index in [4.69, 9.17) is 0 Å². The van der Waals surface area contributed by atoms with E-state index in [1.165, 1.54) is 0 Å². The lowest BCUT2D eigenvalue weighted by Crippen LogP contribution is -2.35. The van der Waals surface area contributed by atoms with E-state index in [1.807, 2.05) is 37.3 Å². The van der Waals surface area contributed by atoms with E-state index >= 15 is 0 Å². The molecule has 0 saturated carbocycles. The lowest BCUT2D eigenvalue weighted by Gasteiger charge is -2.23. The SMILES string of the molecule is CC1c2ccccc2S(=O)(=O)C1C(CCCc1ccccc1)C(=O)O. The molecule has 25 heavy (non-hydrogen) atoms. The van der Waals surface area contributed by atoms with Crippen LogP contribution in [-0.4, -0.2) is 24.7 Å². The molecule has 0 fully saturated rings. The number of carbonyl (C=O) groups is 1. The number of aryl methyl sites for hydroxylation is 1. The van der Waals surface area contributed by atoms with Crippen molar-refractivity contribution in [1.29, 1.82) is 0 Å². The van der Waals surface area contributed by atoms with Crippen molar-refractivity contribution in [2.45, 2.75) is 42.2 Å². The molecule has 0 bridgehead atoms. The van der Waals surface area contributed by atoms with Gasteiger partial charge in [0.25, 0.3) is 0 Å². The maximum Gasteiger partial charge on any atom is 0.307 e. The molecule has 1 N–H and O–H groups in total. The van der Waals surface area contributed by atoms with Crippen LogP contribution >= 0.6 is 0 Å². The first-order valence-corrected chi connectivity index (χ1v) is 10.1. The monoisotopic (exact) mass is 358 g/mol. The summed E-state index contributed by atoms with van der Waals surface area (Å²) < 4.78 is 25.8. The Labute approximate surface area is 148 Å². The van der Waals surface area contributed by atoms with Gasteiger partial charge in [-0.1, -0.05) is 55.5 Å². The predicted octanol–water partition coefficient (Wildman–Crippen LogP) is 3.67. The van der Waals surface area contributed by atoms with Crippen molar-refractivity contribution in [1.82, 2.24) is 0 Å². The highest BCUT2D eigenvalue weighted by atomic mass is 32.2. The first-order valence-electron chi connectivity index (χ1n) is 8.52. The van der Waals surface area contributed by atoms with E-state index < -0.39 is 27.0 Å². The van der Waals surface area contributed by atoms with Crippen LogP contribution in [0, 0.1) is 5.92 Å². The second-order valence-electron chi connectivity index (χ2n) is 6.66. The Balaban J connectivity index is 1.80. The summed E-state index contributed by atoms with van der Waals surface area (Å²) in [5, 5.41) is 8.80. The summed E-state index contributed by atoms with van der Waals surface area (Å²) >= 11 is 0. The summed E-state index contributed by atoms with van der Waals surface area (Å²) in [6, 6.07) is 16.7. The van der Waals surface area contributed by atoms with Crippen molar-refractivity contribution in [2.75, 3.05) is 0 Å². The number of rotatable bonds is 6. The Morgan fingerprint density at radius 2 is 1.72 bits per heavy atom. The van der Waals surface area contributed by atoms with Gasteiger partial charge in [-0.25, -0.2) is 8.42 Å².